The van der Waals surface area contributed by atoms with Crippen LogP contribution in [0.25, 0.3) is 0 Å². The van der Waals surface area contributed by atoms with Gasteiger partial charge < -0.3 is 24.8 Å². The van der Waals surface area contributed by atoms with Crippen LogP contribution in [0.15, 0.2) is 15.6 Å². The molecule has 0 aliphatic rings. The monoisotopic (exact) mass is 409 g/mol. The molecule has 1 rings (SSSR count). The van der Waals surface area contributed by atoms with Crippen LogP contribution in [0.2, 0.25) is 0 Å². The van der Waals surface area contributed by atoms with Crippen molar-refractivity contribution < 1.29 is 14.1 Å². The van der Waals surface area contributed by atoms with Crippen LogP contribution in [0.1, 0.15) is 72.3 Å². The first-order valence-corrected chi connectivity index (χ1v) is 10.3. The minimum absolute atomic E-state index is 0.00767. The van der Waals surface area contributed by atoms with Gasteiger partial charge in [-0.1, -0.05) is 32.9 Å². The Labute approximate surface area is 175 Å². The summed E-state index contributed by atoms with van der Waals surface area (Å²) in [4.78, 5) is 18.5. The van der Waals surface area contributed by atoms with Gasteiger partial charge in [0, 0.05) is 32.7 Å². The molecule has 1 amide bonds. The number of nitrogens with zero attached hydrogens (tertiary/aromatic N) is 3. The Hall–Kier alpha value is -2.25. The number of nitrogens with one attached hydrogen (secondary N) is 2. The minimum atomic E-state index is -0.509. The first-order chi connectivity index (χ1) is 13.4. The lowest BCUT2D eigenvalue weighted by Crippen LogP contribution is -2.45. The van der Waals surface area contributed by atoms with Crippen molar-refractivity contribution in [3.63, 3.8) is 0 Å². The van der Waals surface area contributed by atoms with E-state index in [0.717, 1.165) is 30.4 Å². The van der Waals surface area contributed by atoms with Gasteiger partial charge in [-0.2, -0.15) is 0 Å². The summed E-state index contributed by atoms with van der Waals surface area (Å²) in [6.45, 7) is 15.2. The van der Waals surface area contributed by atoms with Gasteiger partial charge in [-0.3, -0.25) is 4.99 Å². The van der Waals surface area contributed by atoms with E-state index in [4.69, 9.17) is 9.26 Å². The number of ether oxygens (including phenoxy) is 1. The van der Waals surface area contributed by atoms with Crippen LogP contribution in [-0.4, -0.2) is 54.4 Å². The van der Waals surface area contributed by atoms with E-state index in [1.54, 1.807) is 7.05 Å². The number of rotatable bonds is 8. The van der Waals surface area contributed by atoms with Gasteiger partial charge in [0.25, 0.3) is 0 Å². The molecular weight excluding hydrogens is 370 g/mol. The number of carbonyl (C=O) groups excluding carboxylic acids is 1. The van der Waals surface area contributed by atoms with Crippen molar-refractivity contribution in [2.24, 2.45) is 10.9 Å². The second-order valence-corrected chi connectivity index (χ2v) is 8.98. The van der Waals surface area contributed by atoms with Gasteiger partial charge in [0.1, 0.15) is 5.60 Å². The Morgan fingerprint density at radius 2 is 1.97 bits per heavy atom. The molecule has 1 unspecified atom stereocenters. The Morgan fingerprint density at radius 1 is 1.31 bits per heavy atom. The number of hydrogen-bond acceptors (Lipinski definition) is 5. The second kappa shape index (κ2) is 11.1. The first-order valence-electron chi connectivity index (χ1n) is 10.3. The summed E-state index contributed by atoms with van der Waals surface area (Å²) in [5.74, 6) is 2.15. The predicted molar refractivity (Wildman–Crippen MR) is 116 cm³/mol. The van der Waals surface area contributed by atoms with E-state index in [0.29, 0.717) is 12.5 Å². The molecule has 0 bridgehead atoms. The molecule has 0 aromatic carbocycles. The lowest BCUT2D eigenvalue weighted by Gasteiger charge is -2.28. The molecule has 0 aliphatic heterocycles. The molecule has 0 fully saturated rings. The molecule has 1 aromatic rings. The summed E-state index contributed by atoms with van der Waals surface area (Å²) in [7, 11) is 3.72. The quantitative estimate of drug-likeness (QED) is 0.502. The average molecular weight is 410 g/mol. The highest BCUT2D eigenvalue weighted by Gasteiger charge is 2.22. The number of aromatic nitrogens is 1. The van der Waals surface area contributed by atoms with Crippen LogP contribution in [0.5, 0.6) is 0 Å². The average Bonchev–Trinajstić information content (AvgIpc) is 3.06. The van der Waals surface area contributed by atoms with Gasteiger partial charge in [-0.15, -0.1) is 0 Å². The molecule has 0 radical (unpaired) electrons. The molecule has 166 valence electrons. The van der Waals surface area contributed by atoms with Crippen LogP contribution in [0.4, 0.5) is 4.79 Å². The first kappa shape index (κ1) is 24.8. The zero-order valence-electron chi connectivity index (χ0n) is 19.5. The third-order valence-electron chi connectivity index (χ3n) is 4.45. The van der Waals surface area contributed by atoms with Gasteiger partial charge >= 0.3 is 6.09 Å². The summed E-state index contributed by atoms with van der Waals surface area (Å²) >= 11 is 0. The summed E-state index contributed by atoms with van der Waals surface area (Å²) in [5.41, 5.74) is 0.433. The molecule has 1 aromatic heterocycles. The van der Waals surface area contributed by atoms with Crippen LogP contribution < -0.4 is 10.6 Å². The molecule has 8 heteroatoms. The maximum atomic E-state index is 12.1. The Morgan fingerprint density at radius 3 is 2.45 bits per heavy atom. The maximum Gasteiger partial charge on any atom is 0.407 e. The number of amides is 1. The molecule has 2 N–H and O–H groups in total. The van der Waals surface area contributed by atoms with Crippen LogP contribution in [0.3, 0.4) is 0 Å². The van der Waals surface area contributed by atoms with E-state index in [9.17, 15) is 4.79 Å². The van der Waals surface area contributed by atoms with E-state index in [1.165, 1.54) is 0 Å². The number of alkyl carbamates (subject to hydrolysis) is 1. The number of carbonyl (C=O) groups is 1. The SMILES string of the molecule is CN=C(NCc1cc(C(C)C)no1)N(C)CCC(NC(=O)OC(C)(C)C)C(C)C. The summed E-state index contributed by atoms with van der Waals surface area (Å²) < 4.78 is 10.8. The normalized spacial score (nSPS) is 13.6. The zero-order chi connectivity index (χ0) is 22.2. The van der Waals surface area contributed by atoms with E-state index < -0.39 is 5.60 Å². The molecular formula is C21H39N5O3. The van der Waals surface area contributed by atoms with Gasteiger partial charge in [0.15, 0.2) is 11.7 Å². The number of aliphatic imine (C=N–C) groups is 1. The molecule has 8 nitrogen and oxygen atoms in total. The van der Waals surface area contributed by atoms with Crippen LogP contribution >= 0.6 is 0 Å². The van der Waals surface area contributed by atoms with Crippen LogP contribution in [0, 0.1) is 5.92 Å². The fraction of sp³-hybridized carbons (Fsp3) is 0.762. The van der Waals surface area contributed by atoms with E-state index in [-0.39, 0.29) is 18.1 Å². The van der Waals surface area contributed by atoms with Crippen molar-refractivity contribution in [2.45, 2.75) is 79.0 Å². The fourth-order valence-corrected chi connectivity index (χ4v) is 2.70. The molecule has 29 heavy (non-hydrogen) atoms. The van der Waals surface area contributed by atoms with Gasteiger partial charge in [-0.25, -0.2) is 4.79 Å². The minimum Gasteiger partial charge on any atom is -0.444 e. The number of guanidine groups is 1. The smallest absolute Gasteiger partial charge is 0.407 e. The summed E-state index contributed by atoms with van der Waals surface area (Å²) in [6.07, 6.45) is 0.390. The lowest BCUT2D eigenvalue weighted by atomic mass is 10.0. The van der Waals surface area contributed by atoms with E-state index in [1.807, 2.05) is 38.8 Å². The molecule has 0 spiro atoms. The van der Waals surface area contributed by atoms with Crippen molar-refractivity contribution in [1.82, 2.24) is 20.7 Å². The van der Waals surface area contributed by atoms with Crippen molar-refractivity contribution >= 4 is 12.1 Å². The Balaban J connectivity index is 2.56. The highest BCUT2D eigenvalue weighted by Crippen LogP contribution is 2.14. The van der Waals surface area contributed by atoms with Crippen molar-refractivity contribution in [3.8, 4) is 0 Å². The molecule has 1 heterocycles. The van der Waals surface area contributed by atoms with E-state index >= 15 is 0 Å². The molecule has 0 saturated heterocycles. The summed E-state index contributed by atoms with van der Waals surface area (Å²) in [5, 5.41) is 10.4. The van der Waals surface area contributed by atoms with Crippen molar-refractivity contribution in [1.29, 1.82) is 0 Å². The Kier molecular flexibility index (Phi) is 9.46. The third kappa shape index (κ3) is 9.19. The summed E-state index contributed by atoms with van der Waals surface area (Å²) in [6, 6.07) is 1.97. The molecule has 0 aliphatic carbocycles. The van der Waals surface area contributed by atoms with Gasteiger partial charge in [0.2, 0.25) is 0 Å². The van der Waals surface area contributed by atoms with Crippen molar-refractivity contribution in [3.05, 3.63) is 17.5 Å². The van der Waals surface area contributed by atoms with Crippen LogP contribution in [-0.2, 0) is 11.3 Å². The predicted octanol–water partition coefficient (Wildman–Crippen LogP) is 3.74. The highest BCUT2D eigenvalue weighted by molar-refractivity contribution is 5.79. The standard InChI is InChI=1S/C21H39N5O3/c1-14(2)17(24-20(27)28-21(5,6)7)10-11-26(9)19(22-8)23-13-16-12-18(15(3)4)25-29-16/h12,14-15,17H,10-11,13H2,1-9H3,(H,22,23)(H,24,27). The van der Waals surface area contributed by atoms with E-state index in [2.05, 4.69) is 48.5 Å². The Bertz CT molecular complexity index is 662. The number of hydrogen-bond donors (Lipinski definition) is 2. The molecule has 1 atom stereocenters. The van der Waals surface area contributed by atoms with Gasteiger partial charge in [-0.05, 0) is 39.0 Å². The van der Waals surface area contributed by atoms with Crippen molar-refractivity contribution in [2.75, 3.05) is 20.6 Å². The lowest BCUT2D eigenvalue weighted by molar-refractivity contribution is 0.0485. The molecule has 0 saturated carbocycles. The van der Waals surface area contributed by atoms with Gasteiger partial charge in [0.05, 0.1) is 12.2 Å². The topological polar surface area (TPSA) is 92.0 Å². The zero-order valence-corrected chi connectivity index (χ0v) is 19.5. The highest BCUT2D eigenvalue weighted by atomic mass is 16.6. The third-order valence-corrected chi connectivity index (χ3v) is 4.45. The largest absolute Gasteiger partial charge is 0.444 e. The second-order valence-electron chi connectivity index (χ2n) is 8.98. The fourth-order valence-electron chi connectivity index (χ4n) is 2.70. The maximum absolute atomic E-state index is 12.1.